The summed E-state index contributed by atoms with van der Waals surface area (Å²) in [5.41, 5.74) is 1.33. The van der Waals surface area contributed by atoms with Crippen LogP contribution < -0.4 is 5.32 Å². The molecule has 17 heavy (non-hydrogen) atoms. The zero-order valence-electron chi connectivity index (χ0n) is 10.5. The molecule has 0 spiro atoms. The number of aryl methyl sites for hydroxylation is 1. The van der Waals surface area contributed by atoms with Crippen LogP contribution in [0.15, 0.2) is 18.2 Å². The molecule has 0 aliphatic heterocycles. The number of para-hydroxylation sites is 1. The lowest BCUT2D eigenvalue weighted by atomic mass is 10.3. The Labute approximate surface area is 101 Å². The van der Waals surface area contributed by atoms with Gasteiger partial charge in [0.15, 0.2) is 5.82 Å². The Kier molecular flexibility index (Phi) is 3.43. The Balaban J connectivity index is 2.59. The molecule has 0 saturated carbocycles. The van der Waals surface area contributed by atoms with Crippen molar-refractivity contribution in [3.8, 4) is 0 Å². The molecule has 1 unspecified atom stereocenters. The van der Waals surface area contributed by atoms with Crippen LogP contribution in [0.2, 0.25) is 0 Å². The number of rotatable bonds is 4. The Morgan fingerprint density at radius 3 is 2.82 bits per heavy atom. The van der Waals surface area contributed by atoms with E-state index in [2.05, 4.69) is 28.7 Å². The van der Waals surface area contributed by atoms with Crippen molar-refractivity contribution in [3.63, 3.8) is 0 Å². The van der Waals surface area contributed by atoms with Crippen molar-refractivity contribution in [2.75, 3.05) is 6.54 Å². The number of nitrogens with zero attached hydrogens (tertiary/aromatic N) is 2. The van der Waals surface area contributed by atoms with E-state index in [0.29, 0.717) is 5.52 Å². The van der Waals surface area contributed by atoms with Crippen LogP contribution in [0.25, 0.3) is 11.0 Å². The molecule has 3 nitrogen and oxygen atoms in total. The second-order valence-electron chi connectivity index (χ2n) is 4.10. The molecule has 0 aliphatic rings. The van der Waals surface area contributed by atoms with Crippen molar-refractivity contribution in [1.29, 1.82) is 0 Å². The first-order valence-corrected chi connectivity index (χ1v) is 6.07. The van der Waals surface area contributed by atoms with Gasteiger partial charge < -0.3 is 9.88 Å². The fraction of sp³-hybridized carbons (Fsp3) is 0.462. The number of hydrogen-bond acceptors (Lipinski definition) is 2. The predicted octanol–water partition coefficient (Wildman–Crippen LogP) is 2.87. The third-order valence-electron chi connectivity index (χ3n) is 2.97. The predicted molar refractivity (Wildman–Crippen MR) is 67.5 cm³/mol. The monoisotopic (exact) mass is 235 g/mol. The number of aromatic nitrogens is 2. The fourth-order valence-electron chi connectivity index (χ4n) is 2.19. The minimum atomic E-state index is -0.250. The summed E-state index contributed by atoms with van der Waals surface area (Å²) >= 11 is 0. The van der Waals surface area contributed by atoms with Gasteiger partial charge in [-0.05, 0) is 32.5 Å². The van der Waals surface area contributed by atoms with Crippen molar-refractivity contribution < 1.29 is 4.39 Å². The molecular weight excluding hydrogens is 217 g/mol. The first kappa shape index (κ1) is 12.0. The van der Waals surface area contributed by atoms with Gasteiger partial charge in [-0.15, -0.1) is 0 Å². The third-order valence-corrected chi connectivity index (χ3v) is 2.97. The van der Waals surface area contributed by atoms with Crippen LogP contribution >= 0.6 is 0 Å². The molecule has 4 heteroatoms. The summed E-state index contributed by atoms with van der Waals surface area (Å²) in [5, 5.41) is 3.31. The molecule has 1 aromatic carbocycles. The number of hydrogen-bond donors (Lipinski definition) is 1. The molecular formula is C13H18FN3. The average molecular weight is 235 g/mol. The Morgan fingerprint density at radius 1 is 1.41 bits per heavy atom. The number of fused-ring (bicyclic) bond motifs is 1. The zero-order chi connectivity index (χ0) is 12.4. The van der Waals surface area contributed by atoms with Crippen molar-refractivity contribution in [3.05, 3.63) is 29.8 Å². The van der Waals surface area contributed by atoms with Gasteiger partial charge in [0.05, 0.1) is 11.6 Å². The maximum atomic E-state index is 13.7. The van der Waals surface area contributed by atoms with Gasteiger partial charge in [0.1, 0.15) is 11.3 Å². The van der Waals surface area contributed by atoms with Gasteiger partial charge in [0, 0.05) is 6.54 Å². The van der Waals surface area contributed by atoms with Gasteiger partial charge in [0.25, 0.3) is 0 Å². The maximum Gasteiger partial charge on any atom is 0.151 e. The molecule has 1 N–H and O–H groups in total. The number of imidazole rings is 1. The molecule has 1 heterocycles. The summed E-state index contributed by atoms with van der Waals surface area (Å²) in [6.45, 7) is 7.82. The van der Waals surface area contributed by atoms with E-state index < -0.39 is 0 Å². The van der Waals surface area contributed by atoms with Crippen molar-refractivity contribution in [2.24, 2.45) is 0 Å². The second kappa shape index (κ2) is 4.84. The van der Waals surface area contributed by atoms with Crippen LogP contribution in [0.5, 0.6) is 0 Å². The lowest BCUT2D eigenvalue weighted by molar-refractivity contribution is 0.537. The van der Waals surface area contributed by atoms with E-state index in [1.807, 2.05) is 13.0 Å². The first-order valence-electron chi connectivity index (χ1n) is 6.07. The average Bonchev–Trinajstić information content (AvgIpc) is 2.69. The molecule has 0 amide bonds. The van der Waals surface area contributed by atoms with Crippen LogP contribution in [0.3, 0.4) is 0 Å². The van der Waals surface area contributed by atoms with Gasteiger partial charge in [-0.2, -0.15) is 0 Å². The van der Waals surface area contributed by atoms with Crippen LogP contribution in [-0.4, -0.2) is 16.1 Å². The van der Waals surface area contributed by atoms with E-state index in [1.165, 1.54) is 6.07 Å². The van der Waals surface area contributed by atoms with Gasteiger partial charge in [-0.3, -0.25) is 0 Å². The van der Waals surface area contributed by atoms with E-state index in [4.69, 9.17) is 0 Å². The lowest BCUT2D eigenvalue weighted by Crippen LogP contribution is -2.21. The Hall–Kier alpha value is -1.42. The van der Waals surface area contributed by atoms with Gasteiger partial charge in [0.2, 0.25) is 0 Å². The Bertz CT molecular complexity index is 519. The van der Waals surface area contributed by atoms with Gasteiger partial charge >= 0.3 is 0 Å². The van der Waals surface area contributed by atoms with E-state index in [0.717, 1.165) is 24.4 Å². The summed E-state index contributed by atoms with van der Waals surface area (Å²) in [5.74, 6) is 0.647. The van der Waals surface area contributed by atoms with Crippen molar-refractivity contribution in [2.45, 2.75) is 33.4 Å². The highest BCUT2D eigenvalue weighted by Gasteiger charge is 2.16. The SMILES string of the molecule is CCNC(C)c1nc2c(F)cccc2n1CC. The highest BCUT2D eigenvalue weighted by atomic mass is 19.1. The molecule has 0 fully saturated rings. The molecule has 2 aromatic rings. The minimum Gasteiger partial charge on any atom is -0.327 e. The molecule has 0 bridgehead atoms. The summed E-state index contributed by atoms with van der Waals surface area (Å²) in [6.07, 6.45) is 0. The summed E-state index contributed by atoms with van der Waals surface area (Å²) in [6, 6.07) is 5.23. The Morgan fingerprint density at radius 2 is 2.18 bits per heavy atom. The van der Waals surface area contributed by atoms with Gasteiger partial charge in [-0.25, -0.2) is 9.37 Å². The van der Waals surface area contributed by atoms with Crippen molar-refractivity contribution >= 4 is 11.0 Å². The number of nitrogens with one attached hydrogen (secondary N) is 1. The van der Waals surface area contributed by atoms with Crippen LogP contribution in [-0.2, 0) is 6.54 Å². The van der Waals surface area contributed by atoms with E-state index in [9.17, 15) is 4.39 Å². The summed E-state index contributed by atoms with van der Waals surface area (Å²) in [4.78, 5) is 4.43. The first-order chi connectivity index (χ1) is 8.19. The van der Waals surface area contributed by atoms with Crippen molar-refractivity contribution in [1.82, 2.24) is 14.9 Å². The molecule has 92 valence electrons. The minimum absolute atomic E-state index is 0.131. The van der Waals surface area contributed by atoms with Crippen LogP contribution in [0.1, 0.15) is 32.6 Å². The highest BCUT2D eigenvalue weighted by molar-refractivity contribution is 5.76. The zero-order valence-corrected chi connectivity index (χ0v) is 10.5. The summed E-state index contributed by atoms with van der Waals surface area (Å²) < 4.78 is 15.7. The maximum absolute atomic E-state index is 13.7. The van der Waals surface area contributed by atoms with Crippen LogP contribution in [0, 0.1) is 5.82 Å². The largest absolute Gasteiger partial charge is 0.327 e. The standard InChI is InChI=1S/C13H18FN3/c1-4-15-9(3)13-16-12-10(14)7-6-8-11(12)17(13)5-2/h6-9,15H,4-5H2,1-3H3. The summed E-state index contributed by atoms with van der Waals surface area (Å²) in [7, 11) is 0. The number of halogens is 1. The molecule has 1 atom stereocenters. The molecule has 0 aliphatic carbocycles. The quantitative estimate of drug-likeness (QED) is 0.883. The number of benzene rings is 1. The molecule has 2 rings (SSSR count). The van der Waals surface area contributed by atoms with E-state index in [1.54, 1.807) is 6.07 Å². The topological polar surface area (TPSA) is 29.9 Å². The molecule has 1 aromatic heterocycles. The van der Waals surface area contributed by atoms with E-state index in [-0.39, 0.29) is 11.9 Å². The smallest absolute Gasteiger partial charge is 0.151 e. The van der Waals surface area contributed by atoms with Crippen LogP contribution in [0.4, 0.5) is 4.39 Å². The van der Waals surface area contributed by atoms with E-state index >= 15 is 0 Å². The second-order valence-corrected chi connectivity index (χ2v) is 4.10. The highest BCUT2D eigenvalue weighted by Crippen LogP contribution is 2.22. The lowest BCUT2D eigenvalue weighted by Gasteiger charge is -2.13. The fourth-order valence-corrected chi connectivity index (χ4v) is 2.19. The molecule has 0 radical (unpaired) electrons. The van der Waals surface area contributed by atoms with Gasteiger partial charge in [-0.1, -0.05) is 13.0 Å². The third kappa shape index (κ3) is 2.05. The normalized spacial score (nSPS) is 13.2. The molecule has 0 saturated heterocycles.